The first-order valence-electron chi connectivity index (χ1n) is 21.3. The van der Waals surface area contributed by atoms with E-state index in [0.29, 0.717) is 34.0 Å². The highest BCUT2D eigenvalue weighted by atomic mass is 16.4. The van der Waals surface area contributed by atoms with Crippen LogP contribution >= 0.6 is 0 Å². The van der Waals surface area contributed by atoms with Crippen LogP contribution in [0, 0.1) is 0 Å². The van der Waals surface area contributed by atoms with E-state index in [4.69, 9.17) is 18.8 Å². The fourth-order valence-electron chi connectivity index (χ4n) is 9.26. The molecular weight excluding hydrogens is 789 g/mol. The number of oxazole rings is 2. The average Bonchev–Trinajstić information content (AvgIpc) is 3.98. The molecule has 0 spiro atoms. The second-order valence-electron chi connectivity index (χ2n) is 15.9. The van der Waals surface area contributed by atoms with Gasteiger partial charge in [-0.15, -0.1) is 0 Å². The minimum absolute atomic E-state index is 0.535. The lowest BCUT2D eigenvalue weighted by atomic mass is 10.0. The molecule has 2 aliphatic heterocycles. The van der Waals surface area contributed by atoms with E-state index in [0.717, 1.165) is 79.4 Å². The molecule has 302 valence electrons. The number of para-hydroxylation sites is 10. The molecule has 0 fully saturated rings. The van der Waals surface area contributed by atoms with Crippen molar-refractivity contribution in [1.29, 1.82) is 0 Å². The van der Waals surface area contributed by atoms with Gasteiger partial charge in [0.1, 0.15) is 11.0 Å². The monoisotopic (exact) mass is 824 g/mol. The predicted octanol–water partition coefficient (Wildman–Crippen LogP) is 15.8. The van der Waals surface area contributed by atoms with Gasteiger partial charge in [-0.1, -0.05) is 84.9 Å². The number of hydrogen-bond donors (Lipinski definition) is 0. The summed E-state index contributed by atoms with van der Waals surface area (Å²) in [6.45, 7) is 0. The van der Waals surface area contributed by atoms with Crippen LogP contribution in [-0.4, -0.2) is 9.97 Å². The van der Waals surface area contributed by atoms with Crippen LogP contribution in [0.2, 0.25) is 0 Å². The van der Waals surface area contributed by atoms with Gasteiger partial charge in [0.25, 0.3) is 0 Å². The summed E-state index contributed by atoms with van der Waals surface area (Å²) in [5, 5.41) is 0. The van der Waals surface area contributed by atoms with Crippen LogP contribution in [0.25, 0.3) is 45.1 Å². The third-order valence-electron chi connectivity index (χ3n) is 12.1. The van der Waals surface area contributed by atoms with Crippen molar-refractivity contribution in [3.8, 4) is 22.9 Å². The van der Waals surface area contributed by atoms with Crippen molar-refractivity contribution in [3.63, 3.8) is 0 Å². The van der Waals surface area contributed by atoms with Gasteiger partial charge in [-0.05, 0) is 127 Å². The van der Waals surface area contributed by atoms with E-state index in [1.54, 1.807) is 0 Å². The summed E-state index contributed by atoms with van der Waals surface area (Å²) in [5.41, 5.74) is 17.6. The SMILES string of the molecule is c1ccc(N2c3ccccc3N(c3ccc(-c4nc5cc6nc(-c7ccc(N8c9ccccc9N(c9ccccc9)c9ccccc98)cc7)oc6cc5o4)cc3)c3ccccc32)cc1. The van der Waals surface area contributed by atoms with Crippen molar-refractivity contribution in [3.05, 3.63) is 218 Å². The molecule has 0 aliphatic carbocycles. The zero-order valence-corrected chi connectivity index (χ0v) is 34.3. The van der Waals surface area contributed by atoms with Crippen LogP contribution in [0.4, 0.5) is 68.2 Å². The maximum absolute atomic E-state index is 6.39. The van der Waals surface area contributed by atoms with Gasteiger partial charge >= 0.3 is 0 Å². The summed E-state index contributed by atoms with van der Waals surface area (Å²) in [7, 11) is 0. The molecule has 0 bridgehead atoms. The second kappa shape index (κ2) is 14.4. The average molecular weight is 825 g/mol. The summed E-state index contributed by atoms with van der Waals surface area (Å²) in [4.78, 5) is 19.1. The Morgan fingerprint density at radius 3 is 0.828 bits per heavy atom. The smallest absolute Gasteiger partial charge is 0.227 e. The van der Waals surface area contributed by atoms with Crippen LogP contribution in [-0.2, 0) is 0 Å². The van der Waals surface area contributed by atoms with Crippen molar-refractivity contribution in [1.82, 2.24) is 9.97 Å². The number of anilines is 12. The number of hydrogen-bond acceptors (Lipinski definition) is 8. The summed E-state index contributed by atoms with van der Waals surface area (Å²) >= 11 is 0. The Labute approximate surface area is 368 Å². The van der Waals surface area contributed by atoms with Gasteiger partial charge in [-0.2, -0.15) is 0 Å². The van der Waals surface area contributed by atoms with E-state index < -0.39 is 0 Å². The molecule has 2 aromatic heterocycles. The van der Waals surface area contributed by atoms with E-state index in [1.165, 1.54) is 0 Å². The van der Waals surface area contributed by atoms with Gasteiger partial charge in [0.05, 0.1) is 45.5 Å². The number of nitrogens with zero attached hydrogens (tertiary/aromatic N) is 6. The van der Waals surface area contributed by atoms with E-state index in [9.17, 15) is 0 Å². The predicted molar refractivity (Wildman–Crippen MR) is 258 cm³/mol. The normalized spacial score (nSPS) is 12.9. The van der Waals surface area contributed by atoms with Crippen molar-refractivity contribution in [2.45, 2.75) is 0 Å². The van der Waals surface area contributed by atoms with Crippen molar-refractivity contribution in [2.75, 3.05) is 19.6 Å². The first kappa shape index (κ1) is 35.8. The highest BCUT2D eigenvalue weighted by Crippen LogP contribution is 2.55. The summed E-state index contributed by atoms with van der Waals surface area (Å²) < 4.78 is 12.8. The summed E-state index contributed by atoms with van der Waals surface area (Å²) in [6, 6.07) is 75.8. The summed E-state index contributed by atoms with van der Waals surface area (Å²) in [5.74, 6) is 1.07. The maximum Gasteiger partial charge on any atom is 0.227 e. The van der Waals surface area contributed by atoms with Crippen LogP contribution in [0.15, 0.2) is 227 Å². The van der Waals surface area contributed by atoms with Crippen molar-refractivity contribution < 1.29 is 8.83 Å². The molecule has 11 aromatic rings. The Kier molecular flexibility index (Phi) is 8.04. The third-order valence-corrected chi connectivity index (χ3v) is 12.1. The lowest BCUT2D eigenvalue weighted by molar-refractivity contribution is 0.609. The number of rotatable bonds is 6. The van der Waals surface area contributed by atoms with Crippen molar-refractivity contribution in [2.24, 2.45) is 0 Å². The molecule has 8 heteroatoms. The molecule has 0 saturated carbocycles. The maximum atomic E-state index is 6.39. The Hall–Kier alpha value is -8.88. The zero-order chi connectivity index (χ0) is 42.1. The van der Waals surface area contributed by atoms with E-state index in [2.05, 4.69) is 226 Å². The molecule has 0 N–H and O–H groups in total. The molecule has 13 rings (SSSR count). The van der Waals surface area contributed by atoms with Crippen LogP contribution in [0.3, 0.4) is 0 Å². The topological polar surface area (TPSA) is 65.0 Å². The molecule has 8 nitrogen and oxygen atoms in total. The summed E-state index contributed by atoms with van der Waals surface area (Å²) in [6.07, 6.45) is 0. The molecule has 64 heavy (non-hydrogen) atoms. The molecule has 4 heterocycles. The molecule has 0 amide bonds. The van der Waals surface area contributed by atoms with Gasteiger partial charge in [0, 0.05) is 39.9 Å². The molecule has 0 atom stereocenters. The first-order chi connectivity index (χ1) is 31.7. The lowest BCUT2D eigenvalue weighted by Gasteiger charge is -2.40. The van der Waals surface area contributed by atoms with Gasteiger partial charge < -0.3 is 28.4 Å². The van der Waals surface area contributed by atoms with Crippen molar-refractivity contribution >= 4 is 90.4 Å². The molecule has 0 saturated heterocycles. The highest BCUT2D eigenvalue weighted by molar-refractivity contribution is 6.03. The lowest BCUT2D eigenvalue weighted by Crippen LogP contribution is -2.23. The van der Waals surface area contributed by atoms with E-state index >= 15 is 0 Å². The van der Waals surface area contributed by atoms with E-state index in [1.807, 2.05) is 12.1 Å². The number of benzene rings is 9. The number of fused-ring (bicyclic) bond motifs is 6. The minimum Gasteiger partial charge on any atom is -0.436 e. The Bertz CT molecular complexity index is 3150. The molecule has 0 unspecified atom stereocenters. The van der Waals surface area contributed by atoms with Crippen LogP contribution in [0.5, 0.6) is 0 Å². The Morgan fingerprint density at radius 2 is 0.531 bits per heavy atom. The fraction of sp³-hybridized carbons (Fsp3) is 0. The fourth-order valence-corrected chi connectivity index (χ4v) is 9.26. The molecular formula is C56H36N6O2. The van der Waals surface area contributed by atoms with Gasteiger partial charge in [-0.25, -0.2) is 9.97 Å². The van der Waals surface area contributed by atoms with Gasteiger partial charge in [0.15, 0.2) is 11.2 Å². The van der Waals surface area contributed by atoms with Crippen LogP contribution in [0.1, 0.15) is 0 Å². The molecule has 2 aliphatic rings. The first-order valence-corrected chi connectivity index (χ1v) is 21.3. The van der Waals surface area contributed by atoms with Crippen LogP contribution < -0.4 is 19.6 Å². The second-order valence-corrected chi connectivity index (χ2v) is 15.9. The van der Waals surface area contributed by atoms with Gasteiger partial charge in [-0.3, -0.25) is 0 Å². The third kappa shape index (κ3) is 5.70. The largest absolute Gasteiger partial charge is 0.436 e. The highest BCUT2D eigenvalue weighted by Gasteiger charge is 2.32. The Balaban J connectivity index is 0.790. The standard InChI is InChI=1S/C56H36N6O2/c1-3-15-39(16-4-1)59-45-19-7-11-23-49(45)61(50-24-12-8-20-46(50)59)41-31-27-37(28-32-41)55-57-43-35-44-54(36-53(43)63-55)64-56(58-44)38-29-33-42(34-30-38)62-51-25-13-9-21-47(51)60(40-17-5-2-6-18-40)48-22-10-14-26-52(48)62/h1-36H. The minimum atomic E-state index is 0.535. The van der Waals surface area contributed by atoms with Gasteiger partial charge in [0.2, 0.25) is 11.8 Å². The molecule has 9 aromatic carbocycles. The van der Waals surface area contributed by atoms with E-state index in [-0.39, 0.29) is 0 Å². The zero-order valence-electron chi connectivity index (χ0n) is 34.3. The number of aromatic nitrogens is 2. The Morgan fingerprint density at radius 1 is 0.266 bits per heavy atom. The quantitative estimate of drug-likeness (QED) is 0.164. The molecule has 0 radical (unpaired) electrons.